The van der Waals surface area contributed by atoms with Gasteiger partial charge in [-0.1, -0.05) is 83.2 Å². The summed E-state index contributed by atoms with van der Waals surface area (Å²) in [5.41, 5.74) is 6.93. The highest BCUT2D eigenvalue weighted by atomic mass is 32.2. The van der Waals surface area contributed by atoms with Gasteiger partial charge < -0.3 is 0 Å². The number of aryl methyl sites for hydroxylation is 4. The number of rotatable bonds is 4. The summed E-state index contributed by atoms with van der Waals surface area (Å²) in [7, 11) is 0. The van der Waals surface area contributed by atoms with Crippen molar-refractivity contribution < 1.29 is 0 Å². The van der Waals surface area contributed by atoms with Crippen molar-refractivity contribution in [2.75, 3.05) is 0 Å². The maximum Gasteiger partial charge on any atom is 0.134 e. The highest BCUT2D eigenvalue weighted by molar-refractivity contribution is 8.02. The second kappa shape index (κ2) is 8.61. The minimum Gasteiger partial charge on any atom is -0.237 e. The van der Waals surface area contributed by atoms with Crippen molar-refractivity contribution in [2.24, 2.45) is 0 Å². The van der Waals surface area contributed by atoms with Gasteiger partial charge in [-0.15, -0.1) is 0 Å². The number of aromatic nitrogens is 2. The fourth-order valence-corrected chi connectivity index (χ4v) is 5.81. The lowest BCUT2D eigenvalue weighted by molar-refractivity contribution is 0.967. The molecule has 0 saturated carbocycles. The van der Waals surface area contributed by atoms with Gasteiger partial charge >= 0.3 is 0 Å². The standard InChI is InChI=1S/C28H24N2S2/c1-17-9-11-25(19(3)13-17)31-27-28(32-26-12-10-18(2)14-20(26)4)30-24-16-22-8-6-5-7-21(22)15-23(24)29-27/h5-16H,1-4H3. The lowest BCUT2D eigenvalue weighted by Crippen LogP contribution is -1.94. The molecule has 0 aliphatic heterocycles. The largest absolute Gasteiger partial charge is 0.237 e. The van der Waals surface area contributed by atoms with E-state index in [1.807, 2.05) is 0 Å². The van der Waals surface area contributed by atoms with Gasteiger partial charge in [0.1, 0.15) is 10.1 Å². The third-order valence-corrected chi connectivity index (χ3v) is 7.99. The van der Waals surface area contributed by atoms with Gasteiger partial charge in [0.05, 0.1) is 11.0 Å². The van der Waals surface area contributed by atoms with E-state index in [2.05, 4.69) is 100 Å². The molecule has 0 bridgehead atoms. The highest BCUT2D eigenvalue weighted by Gasteiger charge is 2.15. The van der Waals surface area contributed by atoms with Crippen LogP contribution in [0.5, 0.6) is 0 Å². The van der Waals surface area contributed by atoms with Crippen molar-refractivity contribution in [3.63, 3.8) is 0 Å². The number of hydrogen-bond acceptors (Lipinski definition) is 4. The first-order valence-corrected chi connectivity index (χ1v) is 12.3. The smallest absolute Gasteiger partial charge is 0.134 e. The quantitative estimate of drug-likeness (QED) is 0.256. The molecule has 1 heterocycles. The molecule has 0 aliphatic rings. The van der Waals surface area contributed by atoms with Crippen LogP contribution in [0.4, 0.5) is 0 Å². The summed E-state index contributed by atoms with van der Waals surface area (Å²) in [4.78, 5) is 12.6. The van der Waals surface area contributed by atoms with Gasteiger partial charge in [-0.25, -0.2) is 9.97 Å². The van der Waals surface area contributed by atoms with E-state index in [4.69, 9.17) is 9.97 Å². The summed E-state index contributed by atoms with van der Waals surface area (Å²) in [6.45, 7) is 8.58. The van der Waals surface area contributed by atoms with Gasteiger partial charge in [-0.3, -0.25) is 0 Å². The third-order valence-electron chi connectivity index (χ3n) is 5.54. The monoisotopic (exact) mass is 452 g/mol. The lowest BCUT2D eigenvalue weighted by Gasteiger charge is -2.13. The lowest BCUT2D eigenvalue weighted by atomic mass is 10.1. The molecule has 0 fully saturated rings. The van der Waals surface area contributed by atoms with Crippen LogP contribution in [0.25, 0.3) is 21.8 Å². The van der Waals surface area contributed by atoms with Crippen LogP contribution >= 0.6 is 23.5 Å². The fraction of sp³-hybridized carbons (Fsp3) is 0.143. The Balaban J connectivity index is 1.66. The Morgan fingerprint density at radius 1 is 0.531 bits per heavy atom. The molecule has 0 aliphatic carbocycles. The molecule has 0 unspecified atom stereocenters. The minimum absolute atomic E-state index is 0.931. The second-order valence-corrected chi connectivity index (χ2v) is 10.3. The third kappa shape index (κ3) is 4.25. The molecule has 1 aromatic heterocycles. The van der Waals surface area contributed by atoms with Gasteiger partial charge in [-0.2, -0.15) is 0 Å². The number of nitrogens with zero attached hydrogens (tertiary/aromatic N) is 2. The average molecular weight is 453 g/mol. The molecule has 4 aromatic carbocycles. The fourth-order valence-electron chi connectivity index (χ4n) is 3.88. The zero-order valence-corrected chi connectivity index (χ0v) is 20.3. The topological polar surface area (TPSA) is 25.8 Å². The molecule has 0 saturated heterocycles. The summed E-state index contributed by atoms with van der Waals surface area (Å²) >= 11 is 3.41. The van der Waals surface area contributed by atoms with Gasteiger partial charge in [-0.05, 0) is 73.9 Å². The van der Waals surface area contributed by atoms with Crippen LogP contribution in [0.15, 0.2) is 92.6 Å². The molecule has 4 heteroatoms. The summed E-state index contributed by atoms with van der Waals surface area (Å²) in [5.74, 6) is 0. The van der Waals surface area contributed by atoms with Gasteiger partial charge in [0.25, 0.3) is 0 Å². The van der Waals surface area contributed by atoms with E-state index in [1.165, 1.54) is 42.8 Å². The number of fused-ring (bicyclic) bond motifs is 2. The second-order valence-electron chi connectivity index (χ2n) is 8.26. The van der Waals surface area contributed by atoms with Crippen molar-refractivity contribution in [2.45, 2.75) is 47.5 Å². The molecule has 0 atom stereocenters. The van der Waals surface area contributed by atoms with Gasteiger partial charge in [0.15, 0.2) is 0 Å². The molecule has 5 aromatic rings. The molecule has 5 rings (SSSR count). The van der Waals surface area contributed by atoms with E-state index in [1.54, 1.807) is 23.5 Å². The molecule has 0 radical (unpaired) electrons. The molecule has 0 N–H and O–H groups in total. The zero-order valence-electron chi connectivity index (χ0n) is 18.6. The van der Waals surface area contributed by atoms with Crippen LogP contribution in [-0.4, -0.2) is 9.97 Å². The van der Waals surface area contributed by atoms with E-state index in [0.717, 1.165) is 21.1 Å². The van der Waals surface area contributed by atoms with Crippen molar-refractivity contribution >= 4 is 45.3 Å². The van der Waals surface area contributed by atoms with Crippen LogP contribution in [0.3, 0.4) is 0 Å². The summed E-state index contributed by atoms with van der Waals surface area (Å²) < 4.78 is 0. The summed E-state index contributed by atoms with van der Waals surface area (Å²) in [5, 5.41) is 4.27. The van der Waals surface area contributed by atoms with Crippen molar-refractivity contribution in [3.8, 4) is 0 Å². The molecule has 32 heavy (non-hydrogen) atoms. The molecule has 0 spiro atoms. The SMILES string of the molecule is Cc1ccc(Sc2nc3cc4ccccc4cc3nc2Sc2ccc(C)cc2C)c(C)c1. The van der Waals surface area contributed by atoms with Gasteiger partial charge in [0, 0.05) is 9.79 Å². The van der Waals surface area contributed by atoms with Crippen LogP contribution < -0.4 is 0 Å². The molecule has 158 valence electrons. The Bertz CT molecular complexity index is 1360. The Morgan fingerprint density at radius 3 is 1.38 bits per heavy atom. The van der Waals surface area contributed by atoms with Crippen molar-refractivity contribution in [1.29, 1.82) is 0 Å². The average Bonchev–Trinajstić information content (AvgIpc) is 2.76. The van der Waals surface area contributed by atoms with Crippen molar-refractivity contribution in [1.82, 2.24) is 9.97 Å². The van der Waals surface area contributed by atoms with Crippen LogP contribution in [0.2, 0.25) is 0 Å². The van der Waals surface area contributed by atoms with Crippen molar-refractivity contribution in [3.05, 3.63) is 95.1 Å². The molecule has 0 amide bonds. The highest BCUT2D eigenvalue weighted by Crippen LogP contribution is 2.40. The predicted octanol–water partition coefficient (Wildman–Crippen LogP) is 8.32. The van der Waals surface area contributed by atoms with E-state index in [-0.39, 0.29) is 0 Å². The zero-order chi connectivity index (χ0) is 22.2. The number of benzene rings is 4. The van der Waals surface area contributed by atoms with Crippen LogP contribution in [0.1, 0.15) is 22.3 Å². The van der Waals surface area contributed by atoms with Crippen LogP contribution in [-0.2, 0) is 0 Å². The van der Waals surface area contributed by atoms with Crippen LogP contribution in [0, 0.1) is 27.7 Å². The van der Waals surface area contributed by atoms with Gasteiger partial charge in [0.2, 0.25) is 0 Å². The maximum absolute atomic E-state index is 5.11. The number of hydrogen-bond donors (Lipinski definition) is 0. The normalized spacial score (nSPS) is 11.4. The Labute approximate surface area is 197 Å². The minimum atomic E-state index is 0.931. The Kier molecular flexibility index (Phi) is 5.66. The summed E-state index contributed by atoms with van der Waals surface area (Å²) in [6.07, 6.45) is 0. The first-order chi connectivity index (χ1) is 15.5. The first kappa shape index (κ1) is 21.0. The van der Waals surface area contributed by atoms with E-state index < -0.39 is 0 Å². The Morgan fingerprint density at radius 2 is 0.969 bits per heavy atom. The van der Waals surface area contributed by atoms with E-state index in [9.17, 15) is 0 Å². The molecule has 2 nitrogen and oxygen atoms in total. The molecular formula is C28H24N2S2. The molecular weight excluding hydrogens is 428 g/mol. The maximum atomic E-state index is 5.11. The predicted molar refractivity (Wildman–Crippen MR) is 137 cm³/mol. The first-order valence-electron chi connectivity index (χ1n) is 10.7. The Hall–Kier alpha value is -2.82. The summed E-state index contributed by atoms with van der Waals surface area (Å²) in [6, 6.07) is 25.8. The van der Waals surface area contributed by atoms with E-state index in [0.29, 0.717) is 0 Å². The van der Waals surface area contributed by atoms with E-state index >= 15 is 0 Å².